The fraction of sp³-hybridized carbons (Fsp3) is 0.857. The Kier molecular flexibility index (Phi) is 6.07. The molecular formula is C14H28N2. The van der Waals surface area contributed by atoms with Crippen LogP contribution in [-0.4, -0.2) is 37.6 Å². The van der Waals surface area contributed by atoms with Crippen LogP contribution in [0.4, 0.5) is 0 Å². The van der Waals surface area contributed by atoms with Gasteiger partial charge in [-0.2, -0.15) is 0 Å². The first-order chi connectivity index (χ1) is 7.63. The molecule has 0 atom stereocenters. The Morgan fingerprint density at radius 2 is 2.00 bits per heavy atom. The molecule has 1 aliphatic carbocycles. The molecule has 0 aromatic heterocycles. The van der Waals surface area contributed by atoms with Crippen LogP contribution >= 0.6 is 0 Å². The van der Waals surface area contributed by atoms with Crippen molar-refractivity contribution in [2.24, 2.45) is 5.92 Å². The molecule has 0 aromatic carbocycles. The molecule has 1 saturated carbocycles. The highest BCUT2D eigenvalue weighted by atomic mass is 15.2. The molecule has 16 heavy (non-hydrogen) atoms. The summed E-state index contributed by atoms with van der Waals surface area (Å²) in [6.45, 7) is 12.0. The van der Waals surface area contributed by atoms with Gasteiger partial charge in [0.1, 0.15) is 0 Å². The van der Waals surface area contributed by atoms with E-state index in [1.165, 1.54) is 37.8 Å². The third kappa shape index (κ3) is 4.67. The number of nitrogens with one attached hydrogen (secondary N) is 1. The molecular weight excluding hydrogens is 196 g/mol. The summed E-state index contributed by atoms with van der Waals surface area (Å²) < 4.78 is 0. The molecule has 0 saturated heterocycles. The molecule has 1 rings (SSSR count). The summed E-state index contributed by atoms with van der Waals surface area (Å²) in [7, 11) is 1.99. The summed E-state index contributed by atoms with van der Waals surface area (Å²) in [5.41, 5.74) is 1.31. The molecule has 1 fully saturated rings. The fourth-order valence-corrected chi connectivity index (χ4v) is 2.67. The molecule has 0 aliphatic heterocycles. The van der Waals surface area contributed by atoms with Gasteiger partial charge in [0.25, 0.3) is 0 Å². The summed E-state index contributed by atoms with van der Waals surface area (Å²) in [6.07, 6.45) is 5.61. The first kappa shape index (κ1) is 13.7. The van der Waals surface area contributed by atoms with Gasteiger partial charge in [-0.15, -0.1) is 0 Å². The summed E-state index contributed by atoms with van der Waals surface area (Å²) in [5, 5.41) is 3.19. The summed E-state index contributed by atoms with van der Waals surface area (Å²) in [6, 6.07) is 0.816. The largest absolute Gasteiger partial charge is 0.316 e. The lowest BCUT2D eigenvalue weighted by molar-refractivity contribution is 0.191. The first-order valence-electron chi connectivity index (χ1n) is 6.68. The number of rotatable bonds is 7. The number of likely N-dealkylation sites (N-methyl/N-ethyl adjacent to an activating group) is 1. The second kappa shape index (κ2) is 7.08. The average molecular weight is 224 g/mol. The molecule has 2 heteroatoms. The van der Waals surface area contributed by atoms with Crippen molar-refractivity contribution >= 4 is 0 Å². The van der Waals surface area contributed by atoms with Crippen molar-refractivity contribution in [1.82, 2.24) is 10.2 Å². The van der Waals surface area contributed by atoms with Gasteiger partial charge in [-0.05, 0) is 31.4 Å². The lowest BCUT2D eigenvalue weighted by atomic mass is 10.1. The third-order valence-electron chi connectivity index (χ3n) is 3.29. The highest BCUT2D eigenvalue weighted by Crippen LogP contribution is 2.24. The number of hydrogen-bond donors (Lipinski definition) is 1. The fourth-order valence-electron chi connectivity index (χ4n) is 2.67. The second-order valence-electron chi connectivity index (χ2n) is 5.54. The van der Waals surface area contributed by atoms with E-state index >= 15 is 0 Å². The second-order valence-corrected chi connectivity index (χ2v) is 5.54. The zero-order valence-electron chi connectivity index (χ0n) is 11.3. The highest BCUT2D eigenvalue weighted by molar-refractivity contribution is 5.01. The van der Waals surface area contributed by atoms with Gasteiger partial charge in [0, 0.05) is 25.7 Å². The molecule has 0 heterocycles. The van der Waals surface area contributed by atoms with Gasteiger partial charge in [0.2, 0.25) is 0 Å². The van der Waals surface area contributed by atoms with Crippen molar-refractivity contribution in [2.45, 2.75) is 45.6 Å². The van der Waals surface area contributed by atoms with E-state index in [9.17, 15) is 0 Å². The Bertz CT molecular complexity index is 205. The van der Waals surface area contributed by atoms with E-state index in [2.05, 4.69) is 30.6 Å². The Balaban J connectivity index is 2.45. The normalized spacial score (nSPS) is 17.6. The van der Waals surface area contributed by atoms with E-state index in [0.717, 1.165) is 25.0 Å². The predicted octanol–water partition coefficient (Wildman–Crippen LogP) is 2.66. The topological polar surface area (TPSA) is 15.3 Å². The van der Waals surface area contributed by atoms with Gasteiger partial charge >= 0.3 is 0 Å². The van der Waals surface area contributed by atoms with Gasteiger partial charge in [0.15, 0.2) is 0 Å². The van der Waals surface area contributed by atoms with Crippen LogP contribution in [0.3, 0.4) is 0 Å². The zero-order valence-corrected chi connectivity index (χ0v) is 11.3. The van der Waals surface area contributed by atoms with Gasteiger partial charge < -0.3 is 5.32 Å². The Hall–Kier alpha value is -0.340. The minimum absolute atomic E-state index is 0.753. The maximum absolute atomic E-state index is 4.16. The van der Waals surface area contributed by atoms with Gasteiger partial charge in [-0.25, -0.2) is 0 Å². The molecule has 1 N–H and O–H groups in total. The molecule has 0 bridgehead atoms. The van der Waals surface area contributed by atoms with Crippen molar-refractivity contribution in [1.29, 1.82) is 0 Å². The van der Waals surface area contributed by atoms with Crippen molar-refractivity contribution < 1.29 is 0 Å². The lowest BCUT2D eigenvalue weighted by Crippen LogP contribution is -2.38. The molecule has 1 aliphatic rings. The molecule has 0 aromatic rings. The van der Waals surface area contributed by atoms with E-state index in [1.54, 1.807) is 0 Å². The molecule has 2 nitrogen and oxygen atoms in total. The smallest absolute Gasteiger partial charge is 0.0205 e. The summed E-state index contributed by atoms with van der Waals surface area (Å²) in [4.78, 5) is 2.65. The highest BCUT2D eigenvalue weighted by Gasteiger charge is 2.23. The van der Waals surface area contributed by atoms with Crippen LogP contribution in [0, 0.1) is 5.92 Å². The quantitative estimate of drug-likeness (QED) is 0.669. The Morgan fingerprint density at radius 1 is 1.38 bits per heavy atom. The van der Waals surface area contributed by atoms with E-state index in [-0.39, 0.29) is 0 Å². The summed E-state index contributed by atoms with van der Waals surface area (Å²) in [5.74, 6) is 0.753. The van der Waals surface area contributed by atoms with Crippen LogP contribution in [0.2, 0.25) is 0 Å². The molecule has 0 unspecified atom stereocenters. The van der Waals surface area contributed by atoms with E-state index in [0.29, 0.717) is 0 Å². The van der Waals surface area contributed by atoms with Gasteiger partial charge in [-0.1, -0.05) is 33.3 Å². The molecule has 94 valence electrons. The Morgan fingerprint density at radius 3 is 2.50 bits per heavy atom. The van der Waals surface area contributed by atoms with Crippen LogP contribution in [0.1, 0.15) is 39.5 Å². The predicted molar refractivity (Wildman–Crippen MR) is 71.7 cm³/mol. The zero-order chi connectivity index (χ0) is 12.0. The van der Waals surface area contributed by atoms with Crippen molar-refractivity contribution in [3.63, 3.8) is 0 Å². The van der Waals surface area contributed by atoms with E-state index in [1.807, 2.05) is 7.05 Å². The maximum Gasteiger partial charge on any atom is 0.0205 e. The van der Waals surface area contributed by atoms with E-state index < -0.39 is 0 Å². The first-order valence-corrected chi connectivity index (χ1v) is 6.68. The van der Waals surface area contributed by atoms with Crippen molar-refractivity contribution in [3.8, 4) is 0 Å². The van der Waals surface area contributed by atoms with Crippen LogP contribution in [0.25, 0.3) is 0 Å². The molecule has 0 radical (unpaired) electrons. The summed E-state index contributed by atoms with van der Waals surface area (Å²) >= 11 is 0. The number of nitrogens with zero attached hydrogens (tertiary/aromatic N) is 1. The minimum atomic E-state index is 0.753. The van der Waals surface area contributed by atoms with Crippen LogP contribution in [0.5, 0.6) is 0 Å². The minimum Gasteiger partial charge on any atom is -0.316 e. The molecule has 0 amide bonds. The van der Waals surface area contributed by atoms with Gasteiger partial charge in [0.05, 0.1) is 0 Å². The SMILES string of the molecule is C=C(CNC)CN(CC(C)C)C1CCCC1. The average Bonchev–Trinajstić information content (AvgIpc) is 2.68. The van der Waals surface area contributed by atoms with Crippen LogP contribution in [0.15, 0.2) is 12.2 Å². The molecule has 0 spiro atoms. The lowest BCUT2D eigenvalue weighted by Gasteiger charge is -2.31. The van der Waals surface area contributed by atoms with Crippen LogP contribution < -0.4 is 5.32 Å². The Labute approximate surface area is 101 Å². The van der Waals surface area contributed by atoms with Crippen molar-refractivity contribution in [2.75, 3.05) is 26.7 Å². The standard InChI is InChI=1S/C14H28N2/c1-12(2)10-16(11-13(3)9-15-4)14-7-5-6-8-14/h12,14-15H,3,5-11H2,1-2,4H3. The van der Waals surface area contributed by atoms with E-state index in [4.69, 9.17) is 0 Å². The van der Waals surface area contributed by atoms with Crippen LogP contribution in [-0.2, 0) is 0 Å². The number of hydrogen-bond acceptors (Lipinski definition) is 2. The monoisotopic (exact) mass is 224 g/mol. The van der Waals surface area contributed by atoms with Gasteiger partial charge in [-0.3, -0.25) is 4.90 Å². The maximum atomic E-state index is 4.16. The van der Waals surface area contributed by atoms with Crippen molar-refractivity contribution in [3.05, 3.63) is 12.2 Å². The third-order valence-corrected chi connectivity index (χ3v) is 3.29.